The average molecular weight is 384 g/mol. The lowest BCUT2D eigenvalue weighted by Gasteiger charge is -2.07. The Morgan fingerprint density at radius 3 is 2.71 bits per heavy atom. The molecule has 3 rings (SSSR count). The minimum absolute atomic E-state index is 0.458. The minimum Gasteiger partial charge on any atom is -0.455 e. The molecule has 1 amide bonds. The van der Waals surface area contributed by atoms with Crippen LogP contribution in [0, 0.1) is 0 Å². The zero-order chi connectivity index (χ0) is 15.0. The molecule has 0 spiro atoms. The number of rotatable bonds is 3. The number of amides is 1. The Morgan fingerprint density at radius 1 is 1.33 bits per heavy atom. The highest BCUT2D eigenvalue weighted by atomic mass is 79.9. The zero-order valence-electron chi connectivity index (χ0n) is 10.5. The van der Waals surface area contributed by atoms with Crippen molar-refractivity contribution in [2.45, 2.75) is 0 Å². The first-order chi connectivity index (χ1) is 10.0. The van der Waals surface area contributed by atoms with Gasteiger partial charge in [-0.05, 0) is 46.3 Å². The van der Waals surface area contributed by atoms with Gasteiger partial charge in [0.25, 0.3) is 5.91 Å². The summed E-state index contributed by atoms with van der Waals surface area (Å²) in [4.78, 5) is 16.0. The molecule has 0 saturated heterocycles. The molecule has 2 N–H and O–H groups in total. The number of thiophene rings is 1. The Balaban J connectivity index is 2.07. The number of pyridine rings is 1. The van der Waals surface area contributed by atoms with E-state index in [1.54, 1.807) is 36.5 Å². The van der Waals surface area contributed by atoms with Crippen molar-refractivity contribution in [3.63, 3.8) is 0 Å². The number of carbonyl (C=O) groups excluding carboxylic acids is 1. The molecule has 0 bridgehead atoms. The van der Waals surface area contributed by atoms with Gasteiger partial charge in [-0.15, -0.1) is 11.3 Å². The number of benzene rings is 1. The maximum absolute atomic E-state index is 11.3. The van der Waals surface area contributed by atoms with Gasteiger partial charge in [-0.25, -0.2) is 4.98 Å². The van der Waals surface area contributed by atoms with E-state index in [0.717, 1.165) is 10.1 Å². The van der Waals surface area contributed by atoms with E-state index in [4.69, 9.17) is 22.1 Å². The third-order valence-corrected chi connectivity index (χ3v) is 5.04. The van der Waals surface area contributed by atoms with Crippen LogP contribution in [0.25, 0.3) is 10.1 Å². The van der Waals surface area contributed by atoms with Crippen LogP contribution in [-0.4, -0.2) is 10.9 Å². The zero-order valence-corrected chi connectivity index (χ0v) is 13.6. The second-order valence-electron chi connectivity index (χ2n) is 4.19. The average Bonchev–Trinajstić information content (AvgIpc) is 2.91. The van der Waals surface area contributed by atoms with E-state index in [1.165, 1.54) is 11.3 Å². The number of nitrogens with zero attached hydrogens (tertiary/aromatic N) is 1. The van der Waals surface area contributed by atoms with Crippen molar-refractivity contribution in [2.24, 2.45) is 5.73 Å². The highest BCUT2D eigenvalue weighted by Crippen LogP contribution is 2.38. The topological polar surface area (TPSA) is 65.2 Å². The van der Waals surface area contributed by atoms with E-state index in [9.17, 15) is 4.79 Å². The quantitative estimate of drug-likeness (QED) is 0.672. The normalized spacial score (nSPS) is 10.8. The summed E-state index contributed by atoms with van der Waals surface area (Å²) in [6, 6.07) is 8.71. The van der Waals surface area contributed by atoms with Crippen LogP contribution in [0.1, 0.15) is 9.67 Å². The van der Waals surface area contributed by atoms with Gasteiger partial charge in [-0.3, -0.25) is 4.79 Å². The molecule has 0 aliphatic rings. The summed E-state index contributed by atoms with van der Waals surface area (Å²) in [5, 5.41) is 1.42. The SMILES string of the molecule is NC(=O)c1cc2c(Oc3ccc(Cl)cc3)cnc(Br)c2s1. The first-order valence-corrected chi connectivity index (χ1v) is 7.84. The first kappa shape index (κ1) is 14.3. The van der Waals surface area contributed by atoms with Gasteiger partial charge in [0.2, 0.25) is 0 Å². The molecule has 0 fully saturated rings. The molecule has 0 radical (unpaired) electrons. The van der Waals surface area contributed by atoms with Crippen LogP contribution in [0.15, 0.2) is 41.1 Å². The molecule has 0 saturated carbocycles. The largest absolute Gasteiger partial charge is 0.455 e. The summed E-state index contributed by atoms with van der Waals surface area (Å²) < 4.78 is 7.27. The van der Waals surface area contributed by atoms with Crippen molar-refractivity contribution in [3.8, 4) is 11.5 Å². The van der Waals surface area contributed by atoms with E-state index >= 15 is 0 Å². The van der Waals surface area contributed by atoms with Gasteiger partial charge in [0, 0.05) is 10.4 Å². The molecule has 0 unspecified atom stereocenters. The third kappa shape index (κ3) is 2.88. The number of fused-ring (bicyclic) bond motifs is 1. The molecule has 106 valence electrons. The minimum atomic E-state index is -0.472. The second-order valence-corrected chi connectivity index (χ2v) is 6.43. The molecule has 0 aliphatic carbocycles. The molecule has 3 aromatic rings. The van der Waals surface area contributed by atoms with Gasteiger partial charge in [-0.1, -0.05) is 11.6 Å². The van der Waals surface area contributed by atoms with Crippen molar-refractivity contribution in [3.05, 3.63) is 51.0 Å². The predicted octanol–water partition coefficient (Wildman–Crippen LogP) is 4.60. The Kier molecular flexibility index (Phi) is 3.84. The fraction of sp³-hybridized carbons (Fsp3) is 0. The van der Waals surface area contributed by atoms with Crippen molar-refractivity contribution < 1.29 is 9.53 Å². The standard InChI is InChI=1S/C14H8BrClN2O2S/c15-13-12-9(5-11(21-12)14(17)19)10(6-18-13)20-8-3-1-7(16)2-4-8/h1-6H,(H2,17,19). The summed E-state index contributed by atoms with van der Waals surface area (Å²) in [6.45, 7) is 0. The summed E-state index contributed by atoms with van der Waals surface area (Å²) in [6.07, 6.45) is 1.60. The van der Waals surface area contributed by atoms with Crippen LogP contribution in [0.2, 0.25) is 5.02 Å². The van der Waals surface area contributed by atoms with Gasteiger partial charge in [-0.2, -0.15) is 0 Å². The molecule has 4 nitrogen and oxygen atoms in total. The first-order valence-electron chi connectivity index (χ1n) is 5.86. The lowest BCUT2D eigenvalue weighted by molar-refractivity contribution is 0.100. The van der Waals surface area contributed by atoms with Crippen molar-refractivity contribution in [1.29, 1.82) is 0 Å². The van der Waals surface area contributed by atoms with E-state index in [2.05, 4.69) is 20.9 Å². The number of hydrogen-bond acceptors (Lipinski definition) is 4. The fourth-order valence-electron chi connectivity index (χ4n) is 1.80. The number of nitrogens with two attached hydrogens (primary N) is 1. The van der Waals surface area contributed by atoms with E-state index in [0.29, 0.717) is 26.0 Å². The predicted molar refractivity (Wildman–Crippen MR) is 87.4 cm³/mol. The van der Waals surface area contributed by atoms with Crippen LogP contribution < -0.4 is 10.5 Å². The third-order valence-electron chi connectivity index (χ3n) is 2.76. The summed E-state index contributed by atoms with van der Waals surface area (Å²) in [7, 11) is 0. The van der Waals surface area contributed by atoms with Gasteiger partial charge in [0.15, 0.2) is 5.75 Å². The van der Waals surface area contributed by atoms with E-state index in [-0.39, 0.29) is 0 Å². The van der Waals surface area contributed by atoms with Gasteiger partial charge in [0.05, 0.1) is 15.8 Å². The molecule has 0 aliphatic heterocycles. The van der Waals surface area contributed by atoms with Gasteiger partial charge < -0.3 is 10.5 Å². The summed E-state index contributed by atoms with van der Waals surface area (Å²) in [5.41, 5.74) is 5.33. The van der Waals surface area contributed by atoms with Crippen LogP contribution >= 0.6 is 38.9 Å². The molecule has 2 heterocycles. The molecule has 0 atom stereocenters. The van der Waals surface area contributed by atoms with Crippen LogP contribution in [0.5, 0.6) is 11.5 Å². The Bertz CT molecular complexity index is 833. The van der Waals surface area contributed by atoms with E-state index < -0.39 is 5.91 Å². The smallest absolute Gasteiger partial charge is 0.258 e. The van der Waals surface area contributed by atoms with Crippen molar-refractivity contribution in [2.75, 3.05) is 0 Å². The number of hydrogen-bond donors (Lipinski definition) is 1. The highest BCUT2D eigenvalue weighted by molar-refractivity contribution is 9.10. The summed E-state index contributed by atoms with van der Waals surface area (Å²) in [5.74, 6) is 0.719. The molecule has 21 heavy (non-hydrogen) atoms. The fourth-order valence-corrected chi connectivity index (χ4v) is 3.39. The molecule has 2 aromatic heterocycles. The van der Waals surface area contributed by atoms with Crippen LogP contribution in [-0.2, 0) is 0 Å². The second kappa shape index (κ2) is 5.63. The maximum atomic E-state index is 11.3. The highest BCUT2D eigenvalue weighted by Gasteiger charge is 2.14. The van der Waals surface area contributed by atoms with Gasteiger partial charge in [0.1, 0.15) is 10.4 Å². The molecule has 7 heteroatoms. The van der Waals surface area contributed by atoms with Crippen LogP contribution in [0.3, 0.4) is 0 Å². The molecular formula is C14H8BrClN2O2S. The van der Waals surface area contributed by atoms with Gasteiger partial charge >= 0.3 is 0 Å². The number of halogens is 2. The summed E-state index contributed by atoms with van der Waals surface area (Å²) >= 11 is 10.5. The maximum Gasteiger partial charge on any atom is 0.258 e. The monoisotopic (exact) mass is 382 g/mol. The van der Waals surface area contributed by atoms with Crippen molar-refractivity contribution in [1.82, 2.24) is 4.98 Å². The Hall–Kier alpha value is -1.63. The number of aromatic nitrogens is 1. The van der Waals surface area contributed by atoms with E-state index in [1.807, 2.05) is 0 Å². The lowest BCUT2D eigenvalue weighted by atomic mass is 10.3. The molecular weight excluding hydrogens is 376 g/mol. The number of ether oxygens (including phenoxy) is 1. The van der Waals surface area contributed by atoms with Crippen LogP contribution in [0.4, 0.5) is 0 Å². The number of carbonyl (C=O) groups is 1. The Labute approximate surface area is 137 Å². The number of primary amides is 1. The van der Waals surface area contributed by atoms with Crippen molar-refractivity contribution >= 4 is 54.9 Å². The Morgan fingerprint density at radius 2 is 2.05 bits per heavy atom. The molecule has 1 aromatic carbocycles. The lowest BCUT2D eigenvalue weighted by Crippen LogP contribution is -2.08.